The van der Waals surface area contributed by atoms with E-state index in [0.29, 0.717) is 34.9 Å². The molecule has 224 valence electrons. The Morgan fingerprint density at radius 2 is 1.70 bits per heavy atom. The molecule has 2 aliphatic heterocycles. The van der Waals surface area contributed by atoms with Crippen molar-refractivity contribution in [2.45, 2.75) is 55.9 Å². The number of allylic oxidation sites excluding steroid dienone is 4. The molecule has 0 bridgehead atoms. The summed E-state index contributed by atoms with van der Waals surface area (Å²) in [7, 11) is -3.66. The van der Waals surface area contributed by atoms with Crippen molar-refractivity contribution in [3.05, 3.63) is 105 Å². The second-order valence-electron chi connectivity index (χ2n) is 11.4. The summed E-state index contributed by atoms with van der Waals surface area (Å²) in [6.45, 7) is 2.30. The van der Waals surface area contributed by atoms with Crippen LogP contribution in [0.1, 0.15) is 71.5 Å². The number of halogens is 2. The molecule has 1 saturated heterocycles. The van der Waals surface area contributed by atoms with E-state index in [4.69, 9.17) is 27.9 Å². The minimum atomic E-state index is -3.66. The zero-order chi connectivity index (χ0) is 30.1. The summed E-state index contributed by atoms with van der Waals surface area (Å²) < 4.78 is 32.5. The number of carbonyl (C=O) groups is 1. The van der Waals surface area contributed by atoms with E-state index < -0.39 is 9.84 Å². The van der Waals surface area contributed by atoms with Gasteiger partial charge in [0.1, 0.15) is 5.75 Å². The Morgan fingerprint density at radius 1 is 0.953 bits per heavy atom. The largest absolute Gasteiger partial charge is 0.872 e. The second kappa shape index (κ2) is 12.5. The summed E-state index contributed by atoms with van der Waals surface area (Å²) in [5, 5.41) is 13.4. The van der Waals surface area contributed by atoms with Crippen LogP contribution < -0.4 is 9.84 Å². The van der Waals surface area contributed by atoms with Crippen LogP contribution in [0.15, 0.2) is 77.4 Å². The number of ketones is 1. The van der Waals surface area contributed by atoms with Crippen LogP contribution in [0, 0.1) is 0 Å². The molecular weight excluding hydrogens is 605 g/mol. The quantitative estimate of drug-likeness (QED) is 0.252. The van der Waals surface area contributed by atoms with Gasteiger partial charge in [0, 0.05) is 23.0 Å². The van der Waals surface area contributed by atoms with Crippen molar-refractivity contribution in [2.24, 2.45) is 0 Å². The minimum absolute atomic E-state index is 0.0585. The van der Waals surface area contributed by atoms with Gasteiger partial charge in [-0.15, -0.1) is 5.75 Å². The molecule has 0 radical (unpaired) electrons. The van der Waals surface area contributed by atoms with Gasteiger partial charge in [-0.1, -0.05) is 78.9 Å². The molecular formula is C34H32Cl2NO5S-. The number of fused-ring (bicyclic) bond motifs is 2. The first-order valence-corrected chi connectivity index (χ1v) is 17.1. The van der Waals surface area contributed by atoms with Gasteiger partial charge < -0.3 is 9.84 Å². The van der Waals surface area contributed by atoms with Gasteiger partial charge in [-0.2, -0.15) is 0 Å². The van der Waals surface area contributed by atoms with Crippen LogP contribution in [0.2, 0.25) is 10.0 Å². The van der Waals surface area contributed by atoms with E-state index in [1.54, 1.807) is 12.1 Å². The predicted molar refractivity (Wildman–Crippen MR) is 168 cm³/mol. The topological polar surface area (TPSA) is 86.7 Å². The molecule has 1 unspecified atom stereocenters. The molecule has 9 heteroatoms. The maximum atomic E-state index is 13.5. The molecule has 1 aliphatic carbocycles. The molecule has 0 aromatic heterocycles. The fourth-order valence-corrected chi connectivity index (χ4v) is 8.42. The van der Waals surface area contributed by atoms with Crippen molar-refractivity contribution in [3.8, 4) is 11.5 Å². The highest BCUT2D eigenvalue weighted by atomic mass is 35.5. The molecule has 2 heterocycles. The van der Waals surface area contributed by atoms with Gasteiger partial charge in [-0.25, -0.2) is 8.42 Å². The summed E-state index contributed by atoms with van der Waals surface area (Å²) >= 11 is 12.2. The van der Waals surface area contributed by atoms with E-state index in [9.17, 15) is 18.3 Å². The lowest BCUT2D eigenvalue weighted by Crippen LogP contribution is -2.27. The Hall–Kier alpha value is -3.10. The monoisotopic (exact) mass is 636 g/mol. The van der Waals surface area contributed by atoms with Gasteiger partial charge in [0.05, 0.1) is 21.2 Å². The van der Waals surface area contributed by atoms with Gasteiger partial charge in [0.25, 0.3) is 0 Å². The minimum Gasteiger partial charge on any atom is -0.872 e. The van der Waals surface area contributed by atoms with Crippen molar-refractivity contribution in [1.82, 2.24) is 4.90 Å². The lowest BCUT2D eigenvalue weighted by Gasteiger charge is -2.27. The summed E-state index contributed by atoms with van der Waals surface area (Å²) in [5.41, 5.74) is 3.61. The Balaban J connectivity index is 1.25. The highest BCUT2D eigenvalue weighted by molar-refractivity contribution is 7.91. The van der Waals surface area contributed by atoms with Gasteiger partial charge in [0.15, 0.2) is 15.6 Å². The van der Waals surface area contributed by atoms with Crippen molar-refractivity contribution >= 4 is 44.4 Å². The van der Waals surface area contributed by atoms with Crippen LogP contribution in [0.25, 0.3) is 5.57 Å². The zero-order valence-electron chi connectivity index (χ0n) is 23.7. The van der Waals surface area contributed by atoms with Crippen LogP contribution in [0.3, 0.4) is 0 Å². The van der Waals surface area contributed by atoms with Crippen LogP contribution in [-0.2, 0) is 16.4 Å². The predicted octanol–water partition coefficient (Wildman–Crippen LogP) is 7.34. The Morgan fingerprint density at radius 3 is 2.47 bits per heavy atom. The SMILES string of the molecule is O=C1/C(=C/C2=CC(CCS(=O)(=O)c3ccc(Cl)cc3Cl)c3ccccc32)Oc2c1ccc([O-])c2CN1CCCCCCC1. The summed E-state index contributed by atoms with van der Waals surface area (Å²) in [6.07, 6.45) is 9.85. The number of hydrogen-bond acceptors (Lipinski definition) is 6. The van der Waals surface area contributed by atoms with E-state index in [1.807, 2.05) is 30.3 Å². The van der Waals surface area contributed by atoms with E-state index in [1.165, 1.54) is 43.5 Å². The number of sulfone groups is 1. The van der Waals surface area contributed by atoms with E-state index >= 15 is 0 Å². The fourth-order valence-electron chi connectivity index (χ4n) is 6.24. The van der Waals surface area contributed by atoms with Crippen LogP contribution in [0.5, 0.6) is 11.5 Å². The lowest BCUT2D eigenvalue weighted by molar-refractivity contribution is -0.269. The molecule has 6 rings (SSSR count). The molecule has 0 spiro atoms. The molecule has 3 aromatic rings. The summed E-state index contributed by atoms with van der Waals surface area (Å²) in [5.74, 6) is -0.149. The van der Waals surface area contributed by atoms with E-state index in [-0.39, 0.29) is 38.9 Å². The maximum absolute atomic E-state index is 13.5. The van der Waals surface area contributed by atoms with Crippen molar-refractivity contribution in [1.29, 1.82) is 0 Å². The van der Waals surface area contributed by atoms with Crippen LogP contribution >= 0.6 is 23.2 Å². The third-order valence-electron chi connectivity index (χ3n) is 8.49. The first-order valence-electron chi connectivity index (χ1n) is 14.7. The van der Waals surface area contributed by atoms with Gasteiger partial charge >= 0.3 is 0 Å². The summed E-state index contributed by atoms with van der Waals surface area (Å²) in [6, 6.07) is 15.2. The normalized spacial score (nSPS) is 19.9. The standard InChI is InChI=1S/C34H33Cl2NO5S/c35-24-10-13-32(29(36)20-24)43(40,41)17-14-22-18-23(26-9-5-4-8-25(22)26)19-31-33(39)27-11-12-30(38)28(34(27)42-31)21-37-15-6-2-1-3-7-16-37/h4-5,8-13,18-20,22,38H,1-3,6-7,14-17,21H2/p-1/b31-19-. The van der Waals surface area contributed by atoms with Crippen LogP contribution in [-0.4, -0.2) is 37.9 Å². The molecule has 3 aromatic carbocycles. The number of carbonyl (C=O) groups excluding carboxylic acids is 1. The average Bonchev–Trinajstić information content (AvgIpc) is 3.47. The van der Waals surface area contributed by atoms with Crippen molar-refractivity contribution in [3.63, 3.8) is 0 Å². The molecule has 43 heavy (non-hydrogen) atoms. The van der Waals surface area contributed by atoms with Crippen LogP contribution in [0.4, 0.5) is 0 Å². The Labute approximate surface area is 262 Å². The number of ether oxygens (including phenoxy) is 1. The Bertz CT molecular complexity index is 1740. The number of Topliss-reactive ketones (excluding diaryl/α,β-unsaturated/α-hetero) is 1. The van der Waals surface area contributed by atoms with Gasteiger partial charge in [-0.05, 0) is 79.4 Å². The summed E-state index contributed by atoms with van der Waals surface area (Å²) in [4.78, 5) is 15.8. The molecule has 0 amide bonds. The third kappa shape index (κ3) is 6.27. The fraction of sp³-hybridized carbons (Fsp3) is 0.324. The third-order valence-corrected chi connectivity index (χ3v) is 11.0. The number of likely N-dealkylation sites (tertiary alicyclic amines) is 1. The number of nitrogens with zero attached hydrogens (tertiary/aromatic N) is 1. The zero-order valence-corrected chi connectivity index (χ0v) is 26.0. The highest BCUT2D eigenvalue weighted by Crippen LogP contribution is 2.43. The average molecular weight is 638 g/mol. The molecule has 0 N–H and O–H groups in total. The van der Waals surface area contributed by atoms with Gasteiger partial charge in [-0.3, -0.25) is 9.69 Å². The number of benzene rings is 3. The number of rotatable bonds is 7. The van der Waals surface area contributed by atoms with E-state index in [2.05, 4.69) is 4.90 Å². The molecule has 1 atom stereocenters. The maximum Gasteiger partial charge on any atom is 0.231 e. The van der Waals surface area contributed by atoms with Crippen molar-refractivity contribution in [2.75, 3.05) is 18.8 Å². The molecule has 0 saturated carbocycles. The first-order chi connectivity index (χ1) is 20.7. The Kier molecular flexibility index (Phi) is 8.70. The van der Waals surface area contributed by atoms with Gasteiger partial charge in [0.2, 0.25) is 5.78 Å². The second-order valence-corrected chi connectivity index (χ2v) is 14.3. The highest BCUT2D eigenvalue weighted by Gasteiger charge is 2.32. The molecule has 3 aliphatic rings. The van der Waals surface area contributed by atoms with Crippen molar-refractivity contribution < 1.29 is 23.1 Å². The molecule has 1 fully saturated rings. The van der Waals surface area contributed by atoms with E-state index in [0.717, 1.165) is 42.6 Å². The smallest absolute Gasteiger partial charge is 0.231 e. The number of hydrogen-bond donors (Lipinski definition) is 0. The lowest BCUT2D eigenvalue weighted by atomic mass is 9.98. The molecule has 6 nitrogen and oxygen atoms in total. The first kappa shape index (κ1) is 29.9.